The Bertz CT molecular complexity index is 991. The number of hydrogen-bond donors (Lipinski definition) is 3. The van der Waals surface area contributed by atoms with E-state index in [0.29, 0.717) is 52.5 Å². The number of nitrogen functional groups attached to an aromatic ring is 1. The summed E-state index contributed by atoms with van der Waals surface area (Å²) < 4.78 is 16.2. The molecule has 0 radical (unpaired) electrons. The number of likely N-dealkylation sites (N-methyl/N-ethyl adjacent to an activating group) is 1. The first kappa shape index (κ1) is 20.8. The van der Waals surface area contributed by atoms with Crippen molar-refractivity contribution < 1.29 is 14.2 Å². The van der Waals surface area contributed by atoms with Gasteiger partial charge < -0.3 is 25.7 Å². The smallest absolute Gasteiger partial charge is 0.203 e. The largest absolute Gasteiger partial charge is 0.493 e. The number of amidine groups is 2. The highest BCUT2D eigenvalue weighted by atomic mass is 16.5. The van der Waals surface area contributed by atoms with Crippen LogP contribution in [-0.4, -0.2) is 44.6 Å². The lowest BCUT2D eigenvalue weighted by Crippen LogP contribution is -2.47. The molecule has 0 spiro atoms. The first-order valence-corrected chi connectivity index (χ1v) is 9.34. The Labute approximate surface area is 175 Å². The molecule has 0 atom stereocenters. The van der Waals surface area contributed by atoms with Crippen LogP contribution in [0.5, 0.6) is 17.2 Å². The highest BCUT2D eigenvalue weighted by Crippen LogP contribution is 2.41. The molecular formula is C21H26N6O3. The number of benzene rings is 2. The molecule has 2 aromatic rings. The molecule has 158 valence electrons. The molecule has 9 heteroatoms. The number of hydrogen-bond acceptors (Lipinski definition) is 8. The van der Waals surface area contributed by atoms with Gasteiger partial charge in [0.2, 0.25) is 5.75 Å². The maximum Gasteiger partial charge on any atom is 0.203 e. The molecule has 0 saturated heterocycles. The zero-order valence-electron chi connectivity index (χ0n) is 17.5. The second-order valence-corrected chi connectivity index (χ2v) is 6.31. The lowest BCUT2D eigenvalue weighted by molar-refractivity contribution is 0.324. The summed E-state index contributed by atoms with van der Waals surface area (Å²) in [5.41, 5.74) is 17.8. The Morgan fingerprint density at radius 3 is 2.33 bits per heavy atom. The van der Waals surface area contributed by atoms with Crippen molar-refractivity contribution in [3.05, 3.63) is 53.9 Å². The first-order chi connectivity index (χ1) is 14.5. The number of nitrogens with one attached hydrogen (secondary N) is 1. The third kappa shape index (κ3) is 4.09. The van der Waals surface area contributed by atoms with Crippen LogP contribution in [0.15, 0.2) is 58.3 Å². The molecule has 30 heavy (non-hydrogen) atoms. The summed E-state index contributed by atoms with van der Waals surface area (Å²) in [5.74, 6) is 2.53. The van der Waals surface area contributed by atoms with Gasteiger partial charge in [-0.2, -0.15) is 0 Å². The molecule has 1 aliphatic heterocycles. The Balaban J connectivity index is 2.15. The summed E-state index contributed by atoms with van der Waals surface area (Å²) in [6.45, 7) is 2.63. The summed E-state index contributed by atoms with van der Waals surface area (Å²) in [6.07, 6.45) is 1.47. The van der Waals surface area contributed by atoms with Crippen molar-refractivity contribution in [2.45, 2.75) is 6.92 Å². The van der Waals surface area contributed by atoms with Crippen LogP contribution in [0.1, 0.15) is 12.5 Å². The van der Waals surface area contributed by atoms with E-state index in [-0.39, 0.29) is 0 Å². The summed E-state index contributed by atoms with van der Waals surface area (Å²) in [7, 11) is 4.66. The van der Waals surface area contributed by atoms with Crippen molar-refractivity contribution in [1.82, 2.24) is 10.4 Å². The van der Waals surface area contributed by atoms with E-state index in [1.807, 2.05) is 36.2 Å². The Morgan fingerprint density at radius 1 is 1.10 bits per heavy atom. The molecule has 0 aliphatic carbocycles. The third-order valence-electron chi connectivity index (χ3n) is 4.50. The van der Waals surface area contributed by atoms with Gasteiger partial charge in [-0.3, -0.25) is 10.4 Å². The van der Waals surface area contributed by atoms with Gasteiger partial charge in [0.1, 0.15) is 5.70 Å². The topological polar surface area (TPSA) is 120 Å². The van der Waals surface area contributed by atoms with E-state index in [9.17, 15) is 0 Å². The third-order valence-corrected chi connectivity index (χ3v) is 4.50. The minimum Gasteiger partial charge on any atom is -0.493 e. The zero-order valence-corrected chi connectivity index (χ0v) is 17.5. The van der Waals surface area contributed by atoms with Gasteiger partial charge in [0, 0.05) is 36.1 Å². The SMILES string of the molecule is CCN1NC(c2cccc(N)c2)=NC(=Nc2cc(OC)c(OC)c(OC)c2)/C1=C/N. The predicted octanol–water partition coefficient (Wildman–Crippen LogP) is 2.41. The van der Waals surface area contributed by atoms with Crippen molar-refractivity contribution in [2.75, 3.05) is 33.6 Å². The summed E-state index contributed by atoms with van der Waals surface area (Å²) in [4.78, 5) is 9.40. The number of rotatable bonds is 6. The van der Waals surface area contributed by atoms with Crippen molar-refractivity contribution in [3.8, 4) is 17.2 Å². The van der Waals surface area contributed by atoms with E-state index in [2.05, 4.69) is 10.4 Å². The second-order valence-electron chi connectivity index (χ2n) is 6.31. The van der Waals surface area contributed by atoms with E-state index >= 15 is 0 Å². The van der Waals surface area contributed by atoms with Crippen molar-refractivity contribution in [2.24, 2.45) is 15.7 Å². The fourth-order valence-electron chi connectivity index (χ4n) is 3.06. The highest BCUT2D eigenvalue weighted by Gasteiger charge is 2.23. The van der Waals surface area contributed by atoms with Crippen LogP contribution in [0.25, 0.3) is 0 Å². The van der Waals surface area contributed by atoms with Crippen molar-refractivity contribution in [1.29, 1.82) is 0 Å². The number of nitrogens with zero attached hydrogens (tertiary/aromatic N) is 3. The van der Waals surface area contributed by atoms with E-state index < -0.39 is 0 Å². The van der Waals surface area contributed by atoms with E-state index in [1.165, 1.54) is 6.20 Å². The van der Waals surface area contributed by atoms with Gasteiger partial charge in [0.05, 0.1) is 27.0 Å². The highest BCUT2D eigenvalue weighted by molar-refractivity contribution is 6.14. The van der Waals surface area contributed by atoms with Gasteiger partial charge in [0.25, 0.3) is 0 Å². The van der Waals surface area contributed by atoms with Crippen molar-refractivity contribution >= 4 is 23.0 Å². The zero-order chi connectivity index (χ0) is 21.7. The molecule has 0 saturated carbocycles. The quantitative estimate of drug-likeness (QED) is 0.626. The van der Waals surface area contributed by atoms with Crippen LogP contribution in [0.4, 0.5) is 11.4 Å². The van der Waals surface area contributed by atoms with Gasteiger partial charge in [-0.15, -0.1) is 0 Å². The average Bonchev–Trinajstić information content (AvgIpc) is 2.77. The Morgan fingerprint density at radius 2 is 1.80 bits per heavy atom. The fourth-order valence-corrected chi connectivity index (χ4v) is 3.06. The number of methoxy groups -OCH3 is 3. The summed E-state index contributed by atoms with van der Waals surface area (Å²) >= 11 is 0. The number of hydrazine groups is 1. The minimum absolute atomic E-state index is 0.435. The molecule has 3 rings (SSSR count). The number of ether oxygens (including phenoxy) is 3. The normalized spacial score (nSPS) is 16.3. The Kier molecular flexibility index (Phi) is 6.31. The molecule has 1 aliphatic rings. The molecule has 1 heterocycles. The average molecular weight is 410 g/mol. The molecule has 9 nitrogen and oxygen atoms in total. The fraction of sp³-hybridized carbons (Fsp3) is 0.238. The van der Waals surface area contributed by atoms with Crippen molar-refractivity contribution in [3.63, 3.8) is 0 Å². The van der Waals surface area contributed by atoms with E-state index in [4.69, 9.17) is 30.7 Å². The minimum atomic E-state index is 0.435. The maximum absolute atomic E-state index is 5.94. The van der Waals surface area contributed by atoms with Gasteiger partial charge in [-0.1, -0.05) is 12.1 Å². The number of aliphatic imine (C=N–C) groups is 2. The molecule has 0 fully saturated rings. The van der Waals surface area contributed by atoms with Crippen LogP contribution in [0.3, 0.4) is 0 Å². The van der Waals surface area contributed by atoms with Crippen LogP contribution in [0.2, 0.25) is 0 Å². The molecule has 0 bridgehead atoms. The Hall–Kier alpha value is -3.88. The van der Waals surface area contributed by atoms with E-state index in [0.717, 1.165) is 5.56 Å². The monoisotopic (exact) mass is 410 g/mol. The second kappa shape index (κ2) is 9.08. The molecule has 5 N–H and O–H groups in total. The lowest BCUT2D eigenvalue weighted by atomic mass is 10.1. The lowest BCUT2D eigenvalue weighted by Gasteiger charge is -2.31. The summed E-state index contributed by atoms with van der Waals surface area (Å²) in [6, 6.07) is 10.9. The van der Waals surface area contributed by atoms with Gasteiger partial charge in [-0.05, 0) is 19.1 Å². The van der Waals surface area contributed by atoms with Gasteiger partial charge >= 0.3 is 0 Å². The van der Waals surface area contributed by atoms with Crippen LogP contribution in [0, 0.1) is 0 Å². The first-order valence-electron chi connectivity index (χ1n) is 9.34. The van der Waals surface area contributed by atoms with Crippen LogP contribution < -0.4 is 31.1 Å². The molecule has 0 unspecified atom stereocenters. The van der Waals surface area contributed by atoms with E-state index in [1.54, 1.807) is 33.5 Å². The number of nitrogens with two attached hydrogens (primary N) is 2. The van der Waals surface area contributed by atoms with Crippen LogP contribution in [-0.2, 0) is 0 Å². The predicted molar refractivity (Wildman–Crippen MR) is 118 cm³/mol. The van der Waals surface area contributed by atoms with Gasteiger partial charge in [-0.25, -0.2) is 9.98 Å². The molecule has 0 amide bonds. The maximum atomic E-state index is 5.94. The standard InChI is InChI=1S/C21H26N6O3/c1-5-27-16(12-22)21(25-20(26-27)13-7-6-8-14(23)9-13)24-15-10-17(28-2)19(30-4)18(11-15)29-3/h6-12H,5,22-23H2,1-4H3,(H,24,25,26)/b16-12-. The molecule has 2 aromatic carbocycles. The molecule has 0 aromatic heterocycles. The number of anilines is 1. The van der Waals surface area contributed by atoms with Crippen LogP contribution >= 0.6 is 0 Å². The molecular weight excluding hydrogens is 384 g/mol. The van der Waals surface area contributed by atoms with Gasteiger partial charge in [0.15, 0.2) is 23.2 Å². The summed E-state index contributed by atoms with van der Waals surface area (Å²) in [5, 5.41) is 1.86.